The molecule has 0 aliphatic rings. The van der Waals surface area contributed by atoms with Crippen molar-refractivity contribution in [2.24, 2.45) is 5.73 Å². The number of aromatic nitrogens is 2. The molecule has 3 N–H and O–H groups in total. The predicted molar refractivity (Wildman–Crippen MR) is 115 cm³/mol. The smallest absolute Gasteiger partial charge is 0.248 e. The van der Waals surface area contributed by atoms with Gasteiger partial charge < -0.3 is 11.1 Å². The highest BCUT2D eigenvalue weighted by Gasteiger charge is 2.11. The lowest BCUT2D eigenvalue weighted by Gasteiger charge is -2.14. The minimum absolute atomic E-state index is 0.298. The average Bonchev–Trinajstić information content (AvgIpc) is 2.78. The first-order chi connectivity index (χ1) is 14.6. The van der Waals surface area contributed by atoms with Crippen LogP contribution in [0, 0.1) is 5.82 Å². The second-order valence-electron chi connectivity index (χ2n) is 6.78. The number of hydrogen-bond donors (Lipinski definition) is 2. The van der Waals surface area contributed by atoms with Crippen molar-refractivity contribution in [3.05, 3.63) is 102 Å². The Morgan fingerprint density at radius 3 is 2.50 bits per heavy atom. The van der Waals surface area contributed by atoms with Crippen LogP contribution >= 0.6 is 0 Å². The molecule has 0 radical (unpaired) electrons. The Bertz CT molecular complexity index is 1190. The van der Waals surface area contributed by atoms with Crippen LogP contribution in [0.25, 0.3) is 22.4 Å². The van der Waals surface area contributed by atoms with Crippen LogP contribution < -0.4 is 11.1 Å². The number of carbonyl (C=O) groups is 1. The van der Waals surface area contributed by atoms with Gasteiger partial charge in [-0.05, 0) is 59.7 Å². The number of amides is 1. The minimum Gasteiger partial charge on any atom is -0.381 e. The third-order valence-corrected chi connectivity index (χ3v) is 4.71. The number of rotatable bonds is 6. The molecule has 0 bridgehead atoms. The fourth-order valence-electron chi connectivity index (χ4n) is 3.22. The maximum absolute atomic E-state index is 13.7. The number of nitrogens with two attached hydrogens (primary N) is 1. The van der Waals surface area contributed by atoms with Gasteiger partial charge in [-0.3, -0.25) is 14.8 Å². The first-order valence-electron chi connectivity index (χ1n) is 9.39. The monoisotopic (exact) mass is 398 g/mol. The first kappa shape index (κ1) is 19.3. The van der Waals surface area contributed by atoms with Crippen molar-refractivity contribution < 1.29 is 9.18 Å². The maximum Gasteiger partial charge on any atom is 0.248 e. The lowest BCUT2D eigenvalue weighted by Crippen LogP contribution is -2.11. The lowest BCUT2D eigenvalue weighted by molar-refractivity contribution is 0.100. The third kappa shape index (κ3) is 4.33. The summed E-state index contributed by atoms with van der Waals surface area (Å²) in [6.07, 6.45) is 5.16. The highest BCUT2D eigenvalue weighted by atomic mass is 19.1. The predicted octanol–water partition coefficient (Wildman–Crippen LogP) is 4.66. The molecule has 1 amide bonds. The largest absolute Gasteiger partial charge is 0.381 e. The van der Waals surface area contributed by atoms with Gasteiger partial charge in [-0.2, -0.15) is 0 Å². The van der Waals surface area contributed by atoms with Crippen LogP contribution in [0.15, 0.2) is 85.3 Å². The zero-order valence-electron chi connectivity index (χ0n) is 16.0. The van der Waals surface area contributed by atoms with Crippen molar-refractivity contribution in [1.82, 2.24) is 9.97 Å². The van der Waals surface area contributed by atoms with Gasteiger partial charge in [0, 0.05) is 47.5 Å². The molecule has 4 aromatic rings. The number of halogens is 1. The number of hydrogen-bond acceptors (Lipinski definition) is 4. The van der Waals surface area contributed by atoms with Crippen LogP contribution in [0.1, 0.15) is 15.9 Å². The summed E-state index contributed by atoms with van der Waals surface area (Å²) >= 11 is 0. The second kappa shape index (κ2) is 8.53. The van der Waals surface area contributed by atoms with E-state index in [0.717, 1.165) is 33.6 Å². The molecule has 0 spiro atoms. The highest BCUT2D eigenvalue weighted by molar-refractivity contribution is 5.93. The van der Waals surface area contributed by atoms with Gasteiger partial charge >= 0.3 is 0 Å². The molecular weight excluding hydrogens is 379 g/mol. The highest BCUT2D eigenvalue weighted by Crippen LogP contribution is 2.27. The number of anilines is 1. The van der Waals surface area contributed by atoms with Crippen LogP contribution in [0.2, 0.25) is 0 Å². The molecule has 0 fully saturated rings. The SMILES string of the molecule is NC(=O)c1cccc(NCc2cc(-c3cccc(F)c3)cnc2-c2ccncc2)c1. The number of nitrogens with one attached hydrogen (secondary N) is 1. The van der Waals surface area contributed by atoms with E-state index in [1.54, 1.807) is 42.9 Å². The van der Waals surface area contributed by atoms with E-state index in [0.29, 0.717) is 12.1 Å². The Labute approximate surface area is 173 Å². The van der Waals surface area contributed by atoms with Gasteiger partial charge in [0.2, 0.25) is 5.91 Å². The van der Waals surface area contributed by atoms with Crippen LogP contribution in [-0.2, 0) is 6.54 Å². The molecule has 30 heavy (non-hydrogen) atoms. The van der Waals surface area contributed by atoms with Crippen molar-refractivity contribution in [1.29, 1.82) is 0 Å². The van der Waals surface area contributed by atoms with Gasteiger partial charge in [-0.25, -0.2) is 4.39 Å². The van der Waals surface area contributed by atoms with E-state index < -0.39 is 5.91 Å². The van der Waals surface area contributed by atoms with Gasteiger partial charge in [-0.1, -0.05) is 18.2 Å². The van der Waals surface area contributed by atoms with Gasteiger partial charge in [0.25, 0.3) is 0 Å². The van der Waals surface area contributed by atoms with Crippen LogP contribution in [0.4, 0.5) is 10.1 Å². The van der Waals surface area contributed by atoms with E-state index in [1.807, 2.05) is 30.3 Å². The molecule has 2 aromatic carbocycles. The maximum atomic E-state index is 13.7. The van der Waals surface area contributed by atoms with Gasteiger partial charge in [0.15, 0.2) is 0 Å². The molecule has 2 aromatic heterocycles. The summed E-state index contributed by atoms with van der Waals surface area (Å²) in [5.74, 6) is -0.778. The average molecular weight is 398 g/mol. The zero-order valence-corrected chi connectivity index (χ0v) is 16.0. The zero-order chi connectivity index (χ0) is 20.9. The fourth-order valence-corrected chi connectivity index (χ4v) is 3.22. The lowest BCUT2D eigenvalue weighted by atomic mass is 10.0. The molecular formula is C24H19FN4O. The Kier molecular flexibility index (Phi) is 5.48. The normalized spacial score (nSPS) is 10.6. The summed E-state index contributed by atoms with van der Waals surface area (Å²) in [5.41, 5.74) is 10.8. The second-order valence-corrected chi connectivity index (χ2v) is 6.78. The summed E-state index contributed by atoms with van der Waals surface area (Å²) in [7, 11) is 0. The number of benzene rings is 2. The molecule has 148 valence electrons. The fraction of sp³-hybridized carbons (Fsp3) is 0.0417. The number of primary amides is 1. The number of nitrogens with zero attached hydrogens (tertiary/aromatic N) is 2. The van der Waals surface area contributed by atoms with Crippen LogP contribution in [0.5, 0.6) is 0 Å². The van der Waals surface area contributed by atoms with Crippen molar-refractivity contribution in [3.8, 4) is 22.4 Å². The standard InChI is InChI=1S/C24H19FN4O/c25-21-5-1-3-17(12-21)19-11-20(23(29-14-19)16-7-9-27-10-8-16)15-28-22-6-2-4-18(13-22)24(26)30/h1-14,28H,15H2,(H2,26,30). The summed E-state index contributed by atoms with van der Waals surface area (Å²) in [6, 6.07) is 19.2. The van der Waals surface area contributed by atoms with Crippen molar-refractivity contribution in [2.75, 3.05) is 5.32 Å². The Morgan fingerprint density at radius 1 is 0.933 bits per heavy atom. The van der Waals surface area contributed by atoms with Gasteiger partial charge in [0.05, 0.1) is 5.69 Å². The molecule has 0 saturated heterocycles. The summed E-state index contributed by atoms with van der Waals surface area (Å²) < 4.78 is 13.7. The Balaban J connectivity index is 1.70. The topological polar surface area (TPSA) is 80.9 Å². The summed E-state index contributed by atoms with van der Waals surface area (Å²) in [5, 5.41) is 3.32. The molecule has 2 heterocycles. The summed E-state index contributed by atoms with van der Waals surface area (Å²) in [4.78, 5) is 20.2. The third-order valence-electron chi connectivity index (χ3n) is 4.71. The molecule has 0 aliphatic carbocycles. The van der Waals surface area contributed by atoms with Gasteiger partial charge in [-0.15, -0.1) is 0 Å². The van der Waals surface area contributed by atoms with Crippen molar-refractivity contribution in [2.45, 2.75) is 6.54 Å². The first-order valence-corrected chi connectivity index (χ1v) is 9.39. The molecule has 5 nitrogen and oxygen atoms in total. The van der Waals surface area contributed by atoms with Gasteiger partial charge in [0.1, 0.15) is 5.82 Å². The van der Waals surface area contributed by atoms with Crippen LogP contribution in [0.3, 0.4) is 0 Å². The van der Waals surface area contributed by atoms with E-state index in [2.05, 4.69) is 15.3 Å². The molecule has 4 rings (SSSR count). The Hall–Kier alpha value is -4.06. The quantitative estimate of drug-likeness (QED) is 0.495. The number of carbonyl (C=O) groups excluding carboxylic acids is 1. The molecule has 0 atom stereocenters. The van der Waals surface area contributed by atoms with E-state index in [1.165, 1.54) is 12.1 Å². The summed E-state index contributed by atoms with van der Waals surface area (Å²) in [6.45, 7) is 0.454. The van der Waals surface area contributed by atoms with E-state index in [4.69, 9.17) is 5.73 Å². The van der Waals surface area contributed by atoms with Crippen LogP contribution in [-0.4, -0.2) is 15.9 Å². The van der Waals surface area contributed by atoms with E-state index >= 15 is 0 Å². The van der Waals surface area contributed by atoms with E-state index in [9.17, 15) is 9.18 Å². The van der Waals surface area contributed by atoms with Crippen molar-refractivity contribution in [3.63, 3.8) is 0 Å². The molecule has 6 heteroatoms. The van der Waals surface area contributed by atoms with E-state index in [-0.39, 0.29) is 5.82 Å². The molecule has 0 aliphatic heterocycles. The van der Waals surface area contributed by atoms with Crippen molar-refractivity contribution >= 4 is 11.6 Å². The number of pyridine rings is 2. The molecule has 0 saturated carbocycles. The molecule has 0 unspecified atom stereocenters. The minimum atomic E-state index is -0.481. The Morgan fingerprint density at radius 2 is 1.73 bits per heavy atom.